The van der Waals surface area contributed by atoms with E-state index in [1.165, 1.54) is 0 Å². The molecule has 1 aliphatic rings. The smallest absolute Gasteiger partial charge is 0.363 e. The molecule has 1 aliphatic heterocycles. The first-order chi connectivity index (χ1) is 11.1. The summed E-state index contributed by atoms with van der Waals surface area (Å²) in [6.45, 7) is 0. The van der Waals surface area contributed by atoms with Crippen LogP contribution in [0.1, 0.15) is 11.1 Å². The first-order valence-electron chi connectivity index (χ1n) is 6.69. The summed E-state index contributed by atoms with van der Waals surface area (Å²) in [4.78, 5) is 16.3. The predicted molar refractivity (Wildman–Crippen MR) is 92.8 cm³/mol. The molecule has 4 nitrogen and oxygen atoms in total. The number of esters is 1. The monoisotopic (exact) mass is 391 g/mol. The Morgan fingerprint density at radius 1 is 1.26 bits per heavy atom. The second kappa shape index (κ2) is 6.56. The van der Waals surface area contributed by atoms with Gasteiger partial charge in [-0.25, -0.2) is 9.79 Å². The van der Waals surface area contributed by atoms with Crippen molar-refractivity contribution in [3.05, 3.63) is 68.8 Å². The van der Waals surface area contributed by atoms with E-state index in [0.29, 0.717) is 20.8 Å². The average molecular weight is 393 g/mol. The van der Waals surface area contributed by atoms with Crippen molar-refractivity contribution < 1.29 is 14.3 Å². The Bertz CT molecular complexity index is 831. The number of carbonyl (C=O) groups excluding carboxylic acids is 1. The van der Waals surface area contributed by atoms with Gasteiger partial charge in [-0.2, -0.15) is 0 Å². The Hall–Kier alpha value is -2.11. The van der Waals surface area contributed by atoms with Crippen molar-refractivity contribution in [2.75, 3.05) is 7.11 Å². The highest BCUT2D eigenvalue weighted by Crippen LogP contribution is 2.34. The van der Waals surface area contributed by atoms with Crippen molar-refractivity contribution in [1.82, 2.24) is 0 Å². The molecule has 0 aromatic heterocycles. The molecule has 0 saturated heterocycles. The number of carbonyl (C=O) groups is 1. The number of benzene rings is 2. The molecule has 0 saturated carbocycles. The molecule has 0 bridgehead atoms. The summed E-state index contributed by atoms with van der Waals surface area (Å²) >= 11 is 9.44. The van der Waals surface area contributed by atoms with E-state index in [1.807, 2.05) is 30.3 Å². The highest BCUT2D eigenvalue weighted by molar-refractivity contribution is 9.10. The zero-order chi connectivity index (χ0) is 16.4. The number of cyclic esters (lactones) is 1. The third-order valence-corrected chi connectivity index (χ3v) is 3.98. The van der Waals surface area contributed by atoms with Crippen LogP contribution >= 0.6 is 27.5 Å². The molecule has 0 aliphatic carbocycles. The molecule has 2 aromatic rings. The summed E-state index contributed by atoms with van der Waals surface area (Å²) in [7, 11) is 1.54. The number of ether oxygens (including phenoxy) is 2. The number of nitrogens with zero attached hydrogens (tertiary/aromatic N) is 1. The van der Waals surface area contributed by atoms with Gasteiger partial charge in [0.15, 0.2) is 5.70 Å². The Kier molecular flexibility index (Phi) is 4.50. The van der Waals surface area contributed by atoms with Gasteiger partial charge in [0.2, 0.25) is 5.90 Å². The van der Waals surface area contributed by atoms with Crippen LogP contribution in [0.2, 0.25) is 5.02 Å². The molecule has 0 atom stereocenters. The topological polar surface area (TPSA) is 47.9 Å². The van der Waals surface area contributed by atoms with Crippen LogP contribution in [0.3, 0.4) is 0 Å². The number of methoxy groups -OCH3 is 1. The Balaban J connectivity index is 2.03. The van der Waals surface area contributed by atoms with Gasteiger partial charge in [0.25, 0.3) is 0 Å². The van der Waals surface area contributed by atoms with Gasteiger partial charge in [-0.05, 0) is 46.3 Å². The highest BCUT2D eigenvalue weighted by Gasteiger charge is 2.24. The molecule has 3 rings (SSSR count). The van der Waals surface area contributed by atoms with Crippen molar-refractivity contribution in [1.29, 1.82) is 0 Å². The molecular weight excluding hydrogens is 382 g/mol. The zero-order valence-electron chi connectivity index (χ0n) is 12.0. The maximum atomic E-state index is 12.0. The number of aliphatic imine (C=N–C) groups is 1. The minimum Gasteiger partial charge on any atom is -0.495 e. The summed E-state index contributed by atoms with van der Waals surface area (Å²) in [5.41, 5.74) is 1.57. The van der Waals surface area contributed by atoms with E-state index in [1.54, 1.807) is 25.3 Å². The number of rotatable bonds is 3. The molecule has 0 amide bonds. The van der Waals surface area contributed by atoms with Crippen LogP contribution < -0.4 is 4.74 Å². The normalized spacial score (nSPS) is 15.5. The maximum Gasteiger partial charge on any atom is 0.363 e. The summed E-state index contributed by atoms with van der Waals surface area (Å²) < 4.78 is 11.3. The van der Waals surface area contributed by atoms with Crippen LogP contribution in [0.15, 0.2) is 57.6 Å². The Morgan fingerprint density at radius 2 is 2.00 bits per heavy atom. The third kappa shape index (κ3) is 3.30. The SMILES string of the molecule is COc1c(Br)cc(Cl)cc1C=C1N=C(c2ccccc2)OC1=O. The summed E-state index contributed by atoms with van der Waals surface area (Å²) in [6.07, 6.45) is 1.59. The molecule has 0 spiro atoms. The largest absolute Gasteiger partial charge is 0.495 e. The van der Waals surface area contributed by atoms with E-state index >= 15 is 0 Å². The van der Waals surface area contributed by atoms with E-state index in [4.69, 9.17) is 21.1 Å². The second-order valence-corrected chi connectivity index (χ2v) is 6.00. The summed E-state index contributed by atoms with van der Waals surface area (Å²) in [6, 6.07) is 12.6. The minimum absolute atomic E-state index is 0.191. The molecule has 0 radical (unpaired) electrons. The van der Waals surface area contributed by atoms with Crippen LogP contribution in [0, 0.1) is 0 Å². The van der Waals surface area contributed by atoms with E-state index in [2.05, 4.69) is 20.9 Å². The first kappa shape index (κ1) is 15.8. The van der Waals surface area contributed by atoms with E-state index in [0.717, 1.165) is 5.56 Å². The highest BCUT2D eigenvalue weighted by atomic mass is 79.9. The van der Waals surface area contributed by atoms with Crippen LogP contribution in [0.25, 0.3) is 6.08 Å². The number of halogens is 2. The van der Waals surface area contributed by atoms with Gasteiger partial charge in [0.1, 0.15) is 5.75 Å². The predicted octanol–water partition coefficient (Wildman–Crippen LogP) is 4.46. The van der Waals surface area contributed by atoms with Crippen LogP contribution in [0.4, 0.5) is 0 Å². The van der Waals surface area contributed by atoms with Crippen LogP contribution in [0.5, 0.6) is 5.75 Å². The van der Waals surface area contributed by atoms with Crippen molar-refractivity contribution in [3.8, 4) is 5.75 Å². The Morgan fingerprint density at radius 3 is 2.70 bits per heavy atom. The molecule has 116 valence electrons. The first-order valence-corrected chi connectivity index (χ1v) is 7.86. The summed E-state index contributed by atoms with van der Waals surface area (Å²) in [5, 5.41) is 0.517. The Labute approximate surface area is 146 Å². The minimum atomic E-state index is -0.512. The van der Waals surface area contributed by atoms with Crippen LogP contribution in [-0.4, -0.2) is 19.0 Å². The lowest BCUT2D eigenvalue weighted by molar-refractivity contribution is -0.129. The zero-order valence-corrected chi connectivity index (χ0v) is 14.4. The van der Waals surface area contributed by atoms with Gasteiger partial charge >= 0.3 is 5.97 Å². The van der Waals surface area contributed by atoms with Gasteiger partial charge < -0.3 is 9.47 Å². The van der Waals surface area contributed by atoms with Gasteiger partial charge in [-0.1, -0.05) is 29.8 Å². The maximum absolute atomic E-state index is 12.0. The molecule has 0 N–H and O–H groups in total. The molecule has 23 heavy (non-hydrogen) atoms. The van der Waals surface area contributed by atoms with Crippen molar-refractivity contribution in [2.24, 2.45) is 4.99 Å². The van der Waals surface area contributed by atoms with Crippen molar-refractivity contribution >= 4 is 45.5 Å². The molecule has 6 heteroatoms. The number of hydrogen-bond donors (Lipinski definition) is 0. The fourth-order valence-electron chi connectivity index (χ4n) is 2.16. The lowest BCUT2D eigenvalue weighted by Gasteiger charge is -2.08. The number of hydrogen-bond acceptors (Lipinski definition) is 4. The molecule has 0 fully saturated rings. The molecule has 2 aromatic carbocycles. The quantitative estimate of drug-likeness (QED) is 0.572. The standard InChI is InChI=1S/C17H11BrClNO3/c1-22-15-11(7-12(19)9-13(15)18)8-14-17(21)23-16(20-14)10-5-3-2-4-6-10/h2-9H,1H3. The van der Waals surface area contributed by atoms with Crippen LogP contribution in [-0.2, 0) is 9.53 Å². The van der Waals surface area contributed by atoms with Crippen molar-refractivity contribution in [2.45, 2.75) is 0 Å². The van der Waals surface area contributed by atoms with Gasteiger partial charge in [0, 0.05) is 16.1 Å². The van der Waals surface area contributed by atoms with E-state index in [9.17, 15) is 4.79 Å². The van der Waals surface area contributed by atoms with E-state index in [-0.39, 0.29) is 11.6 Å². The summed E-state index contributed by atoms with van der Waals surface area (Å²) in [5.74, 6) is 0.335. The molecule has 1 heterocycles. The fourth-order valence-corrected chi connectivity index (χ4v) is 3.16. The van der Waals surface area contributed by atoms with Crippen molar-refractivity contribution in [3.63, 3.8) is 0 Å². The second-order valence-electron chi connectivity index (χ2n) is 4.71. The molecule has 0 unspecified atom stereocenters. The van der Waals surface area contributed by atoms with E-state index < -0.39 is 5.97 Å². The average Bonchev–Trinajstić information content (AvgIpc) is 2.89. The third-order valence-electron chi connectivity index (χ3n) is 3.17. The molecular formula is C17H11BrClNO3. The lowest BCUT2D eigenvalue weighted by atomic mass is 10.1. The van der Waals surface area contributed by atoms with Gasteiger partial charge in [-0.15, -0.1) is 0 Å². The lowest BCUT2D eigenvalue weighted by Crippen LogP contribution is -2.05. The fraction of sp³-hybridized carbons (Fsp3) is 0.0588. The van der Waals surface area contributed by atoms with Gasteiger partial charge in [-0.3, -0.25) is 0 Å². The van der Waals surface area contributed by atoms with Gasteiger partial charge in [0.05, 0.1) is 11.6 Å².